The zero-order chi connectivity index (χ0) is 31.6. The highest BCUT2D eigenvalue weighted by molar-refractivity contribution is 5.63. The average Bonchev–Trinajstić information content (AvgIpc) is 3.58. The van der Waals surface area contributed by atoms with Crippen molar-refractivity contribution in [2.75, 3.05) is 18.0 Å². The van der Waals surface area contributed by atoms with Crippen molar-refractivity contribution in [1.82, 2.24) is 25.2 Å². The van der Waals surface area contributed by atoms with Gasteiger partial charge in [-0.3, -0.25) is 4.98 Å². The van der Waals surface area contributed by atoms with E-state index in [0.717, 1.165) is 66.4 Å². The van der Waals surface area contributed by atoms with Gasteiger partial charge in [-0.1, -0.05) is 30.3 Å². The maximum Gasteiger partial charge on any atom is 0.323 e. The van der Waals surface area contributed by atoms with Crippen molar-refractivity contribution in [2.24, 2.45) is 0 Å². The number of nitrogens with zero attached hydrogens (tertiary/aromatic N) is 7. The van der Waals surface area contributed by atoms with E-state index in [0.29, 0.717) is 23.1 Å². The molecule has 3 heterocycles. The van der Waals surface area contributed by atoms with Gasteiger partial charge in [0.2, 0.25) is 0 Å². The molecular weight excluding hydrogens is 586 g/mol. The van der Waals surface area contributed by atoms with Crippen LogP contribution >= 0.6 is 0 Å². The fraction of sp³-hybridized carbons (Fsp3) is 0.242. The van der Waals surface area contributed by atoms with Gasteiger partial charge in [0.25, 0.3) is 0 Å². The molecule has 2 aromatic heterocycles. The van der Waals surface area contributed by atoms with Gasteiger partial charge in [0.1, 0.15) is 23.7 Å². The minimum atomic E-state index is -4.13. The van der Waals surface area contributed by atoms with Gasteiger partial charge in [-0.2, -0.15) is 14.0 Å². The summed E-state index contributed by atoms with van der Waals surface area (Å²) in [6, 6.07) is 22.1. The molecule has 1 atom stereocenters. The predicted molar refractivity (Wildman–Crippen MR) is 157 cm³/mol. The van der Waals surface area contributed by atoms with Gasteiger partial charge in [-0.25, -0.2) is 13.5 Å². The van der Waals surface area contributed by atoms with E-state index in [1.807, 2.05) is 48.5 Å². The number of tetrazole rings is 1. The van der Waals surface area contributed by atoms with E-state index in [-0.39, 0.29) is 0 Å². The third-order valence-electron chi connectivity index (χ3n) is 8.34. The van der Waals surface area contributed by atoms with Crippen LogP contribution in [0.2, 0.25) is 0 Å². The molecule has 228 valence electrons. The van der Waals surface area contributed by atoms with Crippen LogP contribution in [0.3, 0.4) is 0 Å². The van der Waals surface area contributed by atoms with Crippen LogP contribution in [0.4, 0.5) is 23.2 Å². The molecule has 3 aromatic carbocycles. The summed E-state index contributed by atoms with van der Waals surface area (Å²) in [6.07, 6.45) is 4.20. The maximum atomic E-state index is 16.1. The molecule has 0 bridgehead atoms. The van der Waals surface area contributed by atoms with E-state index < -0.39 is 41.0 Å². The number of rotatable bonds is 8. The van der Waals surface area contributed by atoms with Crippen LogP contribution in [0.15, 0.2) is 91.4 Å². The summed E-state index contributed by atoms with van der Waals surface area (Å²) in [6.45, 7) is 0.853. The number of hydrogen-bond donors (Lipinski definition) is 1. The number of nitriles is 1. The summed E-state index contributed by atoms with van der Waals surface area (Å²) in [5.74, 6) is -6.09. The summed E-state index contributed by atoms with van der Waals surface area (Å²) in [4.78, 5) is 6.27. The fourth-order valence-electron chi connectivity index (χ4n) is 5.79. The van der Waals surface area contributed by atoms with Gasteiger partial charge in [-0.15, -0.1) is 5.10 Å². The highest BCUT2D eigenvalue weighted by Gasteiger charge is 2.58. The summed E-state index contributed by atoms with van der Waals surface area (Å²) in [5, 5.41) is 30.7. The number of piperidine rings is 1. The fourth-order valence-corrected chi connectivity index (χ4v) is 5.79. The Morgan fingerprint density at radius 1 is 0.911 bits per heavy atom. The van der Waals surface area contributed by atoms with Gasteiger partial charge in [0.15, 0.2) is 5.60 Å². The number of aliphatic hydroxyl groups is 1. The molecule has 0 radical (unpaired) electrons. The summed E-state index contributed by atoms with van der Waals surface area (Å²) in [5.41, 5.74) is -0.575. The van der Waals surface area contributed by atoms with Gasteiger partial charge < -0.3 is 10.0 Å². The zero-order valence-corrected chi connectivity index (χ0v) is 23.9. The molecular formula is C33H27F4N7O. The van der Waals surface area contributed by atoms with E-state index in [1.54, 1.807) is 0 Å². The Morgan fingerprint density at radius 2 is 1.62 bits per heavy atom. The zero-order valence-electron chi connectivity index (χ0n) is 23.9. The van der Waals surface area contributed by atoms with E-state index in [9.17, 15) is 13.9 Å². The molecule has 1 saturated heterocycles. The molecule has 0 aliphatic carbocycles. The first-order valence-electron chi connectivity index (χ1n) is 14.3. The Kier molecular flexibility index (Phi) is 8.03. The number of anilines is 1. The molecule has 0 spiro atoms. The molecule has 45 heavy (non-hydrogen) atoms. The number of aromatic nitrogens is 5. The Hall–Kier alpha value is -5.15. The molecule has 0 amide bonds. The van der Waals surface area contributed by atoms with Crippen LogP contribution in [-0.4, -0.2) is 43.4 Å². The lowest BCUT2D eigenvalue weighted by atomic mass is 9.84. The lowest BCUT2D eigenvalue weighted by Gasteiger charge is -2.35. The SMILES string of the molecule is N#Cc1ccc(N2CCC(c3ccc(-c4ccc(C(F)(F)[C@](O)(Cn5cnnn5)c5ccc(F)cc5F)nc4)cc3)CC2)cc1. The van der Waals surface area contributed by atoms with Crippen LogP contribution in [0.5, 0.6) is 0 Å². The van der Waals surface area contributed by atoms with Crippen molar-refractivity contribution in [3.05, 3.63) is 125 Å². The molecule has 8 nitrogen and oxygen atoms in total. The topological polar surface area (TPSA) is 104 Å². The second-order valence-corrected chi connectivity index (χ2v) is 11.0. The smallest absolute Gasteiger partial charge is 0.323 e. The molecule has 1 fully saturated rings. The minimum Gasteiger partial charge on any atom is -0.377 e. The highest BCUT2D eigenvalue weighted by Crippen LogP contribution is 2.47. The summed E-state index contributed by atoms with van der Waals surface area (Å²) >= 11 is 0. The van der Waals surface area contributed by atoms with Gasteiger partial charge in [-0.05, 0) is 82.8 Å². The average molecular weight is 614 g/mol. The van der Waals surface area contributed by atoms with Crippen molar-refractivity contribution >= 4 is 5.69 Å². The third kappa shape index (κ3) is 5.86. The highest BCUT2D eigenvalue weighted by atomic mass is 19.3. The molecule has 1 aliphatic heterocycles. The normalized spacial score (nSPS) is 15.4. The molecule has 1 aliphatic rings. The van der Waals surface area contributed by atoms with Crippen molar-refractivity contribution in [3.63, 3.8) is 0 Å². The Labute approximate surface area is 256 Å². The van der Waals surface area contributed by atoms with E-state index in [2.05, 4.69) is 31.5 Å². The second-order valence-electron chi connectivity index (χ2n) is 11.0. The first kappa shape index (κ1) is 29.9. The maximum absolute atomic E-state index is 16.1. The third-order valence-corrected chi connectivity index (χ3v) is 8.34. The second kappa shape index (κ2) is 12.1. The van der Waals surface area contributed by atoms with E-state index >= 15 is 8.78 Å². The Bertz CT molecular complexity index is 1800. The molecule has 0 unspecified atom stereocenters. The Morgan fingerprint density at radius 3 is 2.22 bits per heavy atom. The number of pyridine rings is 1. The van der Waals surface area contributed by atoms with Crippen LogP contribution in [0.25, 0.3) is 11.1 Å². The van der Waals surface area contributed by atoms with Gasteiger partial charge in [0, 0.05) is 42.2 Å². The molecule has 5 aromatic rings. The summed E-state index contributed by atoms with van der Waals surface area (Å²) < 4.78 is 61.3. The van der Waals surface area contributed by atoms with Crippen molar-refractivity contribution in [1.29, 1.82) is 5.26 Å². The molecule has 1 N–H and O–H groups in total. The van der Waals surface area contributed by atoms with E-state index in [4.69, 9.17) is 5.26 Å². The van der Waals surface area contributed by atoms with Crippen LogP contribution in [-0.2, 0) is 18.1 Å². The lowest BCUT2D eigenvalue weighted by molar-refractivity contribution is -0.207. The first-order chi connectivity index (χ1) is 21.7. The van der Waals surface area contributed by atoms with Crippen molar-refractivity contribution < 1.29 is 22.7 Å². The summed E-state index contributed by atoms with van der Waals surface area (Å²) in [7, 11) is 0. The van der Waals surface area contributed by atoms with Crippen LogP contribution < -0.4 is 4.90 Å². The van der Waals surface area contributed by atoms with E-state index in [1.165, 1.54) is 17.8 Å². The number of hydrogen-bond acceptors (Lipinski definition) is 7. The first-order valence-corrected chi connectivity index (χ1v) is 14.3. The Balaban J connectivity index is 1.18. The van der Waals surface area contributed by atoms with Crippen molar-refractivity contribution in [2.45, 2.75) is 36.8 Å². The molecule has 6 rings (SSSR count). The van der Waals surface area contributed by atoms with Crippen LogP contribution in [0, 0.1) is 23.0 Å². The number of halogens is 4. The molecule has 0 saturated carbocycles. The standard InChI is InChI=1S/C33H27F4N7O/c34-27-8-11-29(30(35)17-27)32(45,20-44-21-40-41-42-44)33(36,37)31-12-7-26(19-39-31)24-5-3-23(4-6-24)25-13-15-43(16-14-25)28-9-1-22(18-38)2-10-28/h1-12,17,19,21,25,45H,13-16,20H2/t32-/m0/s1. The largest absolute Gasteiger partial charge is 0.377 e. The van der Waals surface area contributed by atoms with Gasteiger partial charge in [0.05, 0.1) is 18.2 Å². The lowest BCUT2D eigenvalue weighted by Crippen LogP contribution is -2.48. The minimum absolute atomic E-state index is 0.373. The van der Waals surface area contributed by atoms with Crippen molar-refractivity contribution in [3.8, 4) is 17.2 Å². The van der Waals surface area contributed by atoms with Crippen LogP contribution in [0.1, 0.15) is 41.1 Å². The predicted octanol–water partition coefficient (Wildman–Crippen LogP) is 5.95. The number of benzene rings is 3. The quantitative estimate of drug-likeness (QED) is 0.216. The number of alkyl halides is 2. The molecule has 12 heteroatoms. The monoisotopic (exact) mass is 613 g/mol. The van der Waals surface area contributed by atoms with Gasteiger partial charge >= 0.3 is 5.92 Å².